The van der Waals surface area contributed by atoms with Crippen LogP contribution in [0.2, 0.25) is 0 Å². The van der Waals surface area contributed by atoms with Crippen molar-refractivity contribution >= 4 is 31.6 Å². The number of pyridine rings is 1. The molecule has 180 valence electrons. The number of nitrogens with one attached hydrogen (secondary N) is 2. The first kappa shape index (κ1) is 26.5. The first-order chi connectivity index (χ1) is 15.5. The lowest BCUT2D eigenvalue weighted by Gasteiger charge is -2.19. The number of hydrogen-bond acceptors (Lipinski definition) is 6. The van der Waals surface area contributed by atoms with Crippen molar-refractivity contribution in [1.82, 2.24) is 13.6 Å². The molecule has 0 aliphatic carbocycles. The van der Waals surface area contributed by atoms with E-state index in [0.717, 1.165) is 16.8 Å². The van der Waals surface area contributed by atoms with Gasteiger partial charge in [-0.05, 0) is 23.8 Å². The Morgan fingerprint density at radius 3 is 2.27 bits per heavy atom. The third-order valence-electron chi connectivity index (χ3n) is 4.66. The van der Waals surface area contributed by atoms with Crippen molar-refractivity contribution < 1.29 is 21.6 Å². The van der Waals surface area contributed by atoms with E-state index in [-0.39, 0.29) is 36.8 Å². The molecule has 33 heavy (non-hydrogen) atoms. The van der Waals surface area contributed by atoms with E-state index in [0.29, 0.717) is 11.3 Å². The van der Waals surface area contributed by atoms with Gasteiger partial charge in [-0.3, -0.25) is 9.59 Å². The van der Waals surface area contributed by atoms with Crippen LogP contribution in [0, 0.1) is 0 Å². The van der Waals surface area contributed by atoms with Crippen LogP contribution in [0.25, 0.3) is 0 Å². The SMILES string of the molecule is C=CCNS(=O)(=O)Cc1ccc(NC(=O)Cn2cc(S(=O)(=O)N(CC)CC)ccc2=O)cc1. The highest BCUT2D eigenvalue weighted by Crippen LogP contribution is 2.14. The Labute approximate surface area is 194 Å². The zero-order valence-electron chi connectivity index (χ0n) is 18.5. The molecule has 0 bridgehead atoms. The summed E-state index contributed by atoms with van der Waals surface area (Å²) in [5, 5.41) is 2.61. The van der Waals surface area contributed by atoms with Crippen molar-refractivity contribution in [2.24, 2.45) is 0 Å². The number of benzene rings is 1. The maximum Gasteiger partial charge on any atom is 0.251 e. The number of anilines is 1. The van der Waals surface area contributed by atoms with Crippen LogP contribution in [0.3, 0.4) is 0 Å². The van der Waals surface area contributed by atoms with Crippen LogP contribution < -0.4 is 15.6 Å². The minimum absolute atomic E-state index is 0.0748. The topological polar surface area (TPSA) is 135 Å². The summed E-state index contributed by atoms with van der Waals surface area (Å²) in [5.41, 5.74) is 0.409. The zero-order chi connectivity index (χ0) is 24.6. The summed E-state index contributed by atoms with van der Waals surface area (Å²) in [7, 11) is -7.28. The standard InChI is InChI=1S/C21H28N4O6S2/c1-4-13-22-32(28,29)16-17-7-9-18(10-8-17)23-20(26)15-24-14-19(11-12-21(24)27)33(30,31)25(5-2)6-3/h4,7-12,14,22H,1,5-6,13,15-16H2,2-3H3,(H,23,26). The van der Waals surface area contributed by atoms with E-state index in [1.807, 2.05) is 0 Å². The molecule has 1 aromatic carbocycles. The highest BCUT2D eigenvalue weighted by Gasteiger charge is 2.22. The molecule has 1 heterocycles. The molecule has 0 aliphatic heterocycles. The second-order valence-corrected chi connectivity index (χ2v) is 10.8. The highest BCUT2D eigenvalue weighted by molar-refractivity contribution is 7.89. The van der Waals surface area contributed by atoms with Crippen LogP contribution in [0.1, 0.15) is 19.4 Å². The van der Waals surface area contributed by atoms with Crippen molar-refractivity contribution in [2.75, 3.05) is 25.0 Å². The molecule has 0 spiro atoms. The van der Waals surface area contributed by atoms with E-state index >= 15 is 0 Å². The molecule has 0 radical (unpaired) electrons. The Kier molecular flexibility index (Phi) is 9.11. The average Bonchev–Trinajstić information content (AvgIpc) is 2.75. The summed E-state index contributed by atoms with van der Waals surface area (Å²) in [6.45, 7) is 7.18. The number of carbonyl (C=O) groups is 1. The molecule has 0 saturated carbocycles. The minimum Gasteiger partial charge on any atom is -0.325 e. The number of aromatic nitrogens is 1. The summed E-state index contributed by atoms with van der Waals surface area (Å²) in [6.07, 6.45) is 2.59. The molecule has 0 fully saturated rings. The summed E-state index contributed by atoms with van der Waals surface area (Å²) < 4.78 is 53.9. The number of carbonyl (C=O) groups excluding carboxylic acids is 1. The lowest BCUT2D eigenvalue weighted by molar-refractivity contribution is -0.116. The Morgan fingerprint density at radius 2 is 1.70 bits per heavy atom. The van der Waals surface area contributed by atoms with Gasteiger partial charge in [0, 0.05) is 37.6 Å². The van der Waals surface area contributed by atoms with E-state index in [1.54, 1.807) is 38.1 Å². The Balaban J connectivity index is 2.10. The fourth-order valence-electron chi connectivity index (χ4n) is 2.99. The Bertz CT molecular complexity index is 1250. The van der Waals surface area contributed by atoms with Crippen molar-refractivity contribution in [3.63, 3.8) is 0 Å². The summed E-state index contributed by atoms with van der Waals surface area (Å²) >= 11 is 0. The predicted octanol–water partition coefficient (Wildman–Crippen LogP) is 1.12. The first-order valence-corrected chi connectivity index (χ1v) is 13.3. The van der Waals surface area contributed by atoms with Gasteiger partial charge in [-0.15, -0.1) is 6.58 Å². The summed E-state index contributed by atoms with van der Waals surface area (Å²) in [4.78, 5) is 24.5. The van der Waals surface area contributed by atoms with Gasteiger partial charge in [0.1, 0.15) is 6.54 Å². The number of nitrogens with zero attached hydrogens (tertiary/aromatic N) is 2. The quantitative estimate of drug-likeness (QED) is 0.423. The van der Waals surface area contributed by atoms with Crippen LogP contribution in [0.4, 0.5) is 5.69 Å². The number of amides is 1. The summed E-state index contributed by atoms with van der Waals surface area (Å²) in [6, 6.07) is 8.54. The Hall–Kier alpha value is -2.80. The van der Waals surface area contributed by atoms with Crippen LogP contribution in [0.15, 0.2) is 64.9 Å². The molecular formula is C21H28N4O6S2. The summed E-state index contributed by atoms with van der Waals surface area (Å²) in [5.74, 6) is -0.763. The molecule has 2 rings (SSSR count). The second kappa shape index (κ2) is 11.4. The highest BCUT2D eigenvalue weighted by atomic mass is 32.2. The number of rotatable bonds is 12. The normalized spacial score (nSPS) is 12.0. The first-order valence-electron chi connectivity index (χ1n) is 10.2. The van der Waals surface area contributed by atoms with Gasteiger partial charge in [-0.2, -0.15) is 4.31 Å². The van der Waals surface area contributed by atoms with Crippen molar-refractivity contribution in [3.8, 4) is 0 Å². The lowest BCUT2D eigenvalue weighted by Crippen LogP contribution is -2.33. The van der Waals surface area contributed by atoms with E-state index in [9.17, 15) is 26.4 Å². The van der Waals surface area contributed by atoms with Gasteiger partial charge in [0.25, 0.3) is 5.56 Å². The third-order valence-corrected chi connectivity index (χ3v) is 8.01. The van der Waals surface area contributed by atoms with Gasteiger partial charge in [0.2, 0.25) is 26.0 Å². The van der Waals surface area contributed by atoms with Gasteiger partial charge < -0.3 is 9.88 Å². The number of hydrogen-bond donors (Lipinski definition) is 2. The monoisotopic (exact) mass is 496 g/mol. The fourth-order valence-corrected chi connectivity index (χ4v) is 5.58. The molecule has 10 nitrogen and oxygen atoms in total. The molecule has 2 N–H and O–H groups in total. The van der Waals surface area contributed by atoms with Crippen molar-refractivity contribution in [1.29, 1.82) is 0 Å². The van der Waals surface area contributed by atoms with Crippen molar-refractivity contribution in [2.45, 2.75) is 31.0 Å². The molecule has 1 amide bonds. The van der Waals surface area contributed by atoms with E-state index in [2.05, 4.69) is 16.6 Å². The molecule has 12 heteroatoms. The van der Waals surface area contributed by atoms with Crippen molar-refractivity contribution in [3.05, 3.63) is 71.2 Å². The van der Waals surface area contributed by atoms with Gasteiger partial charge in [0.15, 0.2) is 0 Å². The maximum absolute atomic E-state index is 12.7. The lowest BCUT2D eigenvalue weighted by atomic mass is 10.2. The smallest absolute Gasteiger partial charge is 0.251 e. The zero-order valence-corrected chi connectivity index (χ0v) is 20.2. The van der Waals surface area contributed by atoms with E-state index in [1.165, 1.54) is 16.4 Å². The van der Waals surface area contributed by atoms with Gasteiger partial charge in [0.05, 0.1) is 10.6 Å². The van der Waals surface area contributed by atoms with Gasteiger partial charge in [-0.1, -0.05) is 32.1 Å². The predicted molar refractivity (Wildman–Crippen MR) is 127 cm³/mol. The molecule has 1 aromatic heterocycles. The van der Waals surface area contributed by atoms with Crippen LogP contribution in [-0.4, -0.2) is 51.2 Å². The van der Waals surface area contributed by atoms with Gasteiger partial charge >= 0.3 is 0 Å². The van der Waals surface area contributed by atoms with Crippen LogP contribution in [-0.2, 0) is 37.1 Å². The molecule has 0 aliphatic rings. The average molecular weight is 497 g/mol. The van der Waals surface area contributed by atoms with E-state index in [4.69, 9.17) is 0 Å². The molecule has 0 atom stereocenters. The molecule has 0 unspecified atom stereocenters. The number of sulfonamides is 2. The fraction of sp³-hybridized carbons (Fsp3) is 0.333. The maximum atomic E-state index is 12.7. The largest absolute Gasteiger partial charge is 0.325 e. The third kappa shape index (κ3) is 7.35. The van der Waals surface area contributed by atoms with Crippen LogP contribution >= 0.6 is 0 Å². The Morgan fingerprint density at radius 1 is 1.06 bits per heavy atom. The minimum atomic E-state index is -3.78. The molecule has 2 aromatic rings. The second-order valence-electron chi connectivity index (χ2n) is 7.06. The molecule has 0 saturated heterocycles. The van der Waals surface area contributed by atoms with Gasteiger partial charge in [-0.25, -0.2) is 21.6 Å². The van der Waals surface area contributed by atoms with Crippen LogP contribution in [0.5, 0.6) is 0 Å². The van der Waals surface area contributed by atoms with E-state index < -0.39 is 31.5 Å². The molecular weight excluding hydrogens is 468 g/mol.